The highest BCUT2D eigenvalue weighted by Crippen LogP contribution is 2.01. The first-order valence-electron chi connectivity index (χ1n) is 4.82. The maximum Gasteiger partial charge on any atom is 0.350 e. The molecule has 2 rings (SSSR count). The van der Waals surface area contributed by atoms with Gasteiger partial charge in [-0.05, 0) is 18.1 Å². The van der Waals surface area contributed by atoms with Gasteiger partial charge in [0.1, 0.15) is 0 Å². The van der Waals surface area contributed by atoms with E-state index in [1.165, 1.54) is 9.08 Å². The molecule has 0 fully saturated rings. The van der Waals surface area contributed by atoms with Crippen LogP contribution in [-0.2, 0) is 6.54 Å². The molecule has 1 atom stereocenters. The van der Waals surface area contributed by atoms with Gasteiger partial charge in [0.25, 0.3) is 0 Å². The Morgan fingerprint density at radius 3 is 3.00 bits per heavy atom. The van der Waals surface area contributed by atoms with Crippen molar-refractivity contribution in [3.05, 3.63) is 34.9 Å². The van der Waals surface area contributed by atoms with Gasteiger partial charge in [0.15, 0.2) is 5.65 Å². The minimum absolute atomic E-state index is 0.109. The zero-order valence-electron chi connectivity index (χ0n) is 8.43. The summed E-state index contributed by atoms with van der Waals surface area (Å²) in [5, 5.41) is 4.21. The summed E-state index contributed by atoms with van der Waals surface area (Å²) in [6, 6.07) is 5.48. The molecule has 0 bridgehead atoms. The minimum atomic E-state index is -0.109. The van der Waals surface area contributed by atoms with Crippen LogP contribution in [0.2, 0.25) is 0 Å². The fourth-order valence-corrected chi connectivity index (χ4v) is 1.53. The Balaban J connectivity index is 2.45. The van der Waals surface area contributed by atoms with Crippen molar-refractivity contribution in [1.82, 2.24) is 14.2 Å². The van der Waals surface area contributed by atoms with Gasteiger partial charge < -0.3 is 0 Å². The van der Waals surface area contributed by atoms with Crippen molar-refractivity contribution in [2.75, 3.05) is 5.88 Å². The van der Waals surface area contributed by atoms with Crippen molar-refractivity contribution in [3.8, 4) is 0 Å². The smallest absolute Gasteiger partial charge is 0.250 e. The van der Waals surface area contributed by atoms with E-state index in [9.17, 15) is 4.79 Å². The normalized spacial score (nSPS) is 13.2. The quantitative estimate of drug-likeness (QED) is 0.741. The van der Waals surface area contributed by atoms with Crippen LogP contribution in [0.25, 0.3) is 5.65 Å². The van der Waals surface area contributed by atoms with Crippen molar-refractivity contribution in [1.29, 1.82) is 0 Å². The lowest BCUT2D eigenvalue weighted by atomic mass is 10.2. The fourth-order valence-electron chi connectivity index (χ4n) is 1.43. The number of halogens is 1. The predicted octanol–water partition coefficient (Wildman–Crippen LogP) is 1.37. The highest BCUT2D eigenvalue weighted by molar-refractivity contribution is 6.18. The summed E-state index contributed by atoms with van der Waals surface area (Å²) >= 11 is 5.70. The zero-order chi connectivity index (χ0) is 10.8. The third kappa shape index (κ3) is 1.90. The van der Waals surface area contributed by atoms with Crippen molar-refractivity contribution >= 4 is 17.2 Å². The van der Waals surface area contributed by atoms with E-state index in [-0.39, 0.29) is 11.6 Å². The summed E-state index contributed by atoms with van der Waals surface area (Å²) in [5.74, 6) is 0.773. The first-order chi connectivity index (χ1) is 7.22. The molecule has 0 aliphatic carbocycles. The van der Waals surface area contributed by atoms with Crippen LogP contribution < -0.4 is 5.69 Å². The molecule has 2 heterocycles. The van der Waals surface area contributed by atoms with E-state index in [1.807, 2.05) is 25.1 Å². The highest BCUT2D eigenvalue weighted by Gasteiger charge is 2.08. The van der Waals surface area contributed by atoms with Crippen LogP contribution in [-0.4, -0.2) is 20.1 Å². The lowest BCUT2D eigenvalue weighted by Crippen LogP contribution is -2.24. The van der Waals surface area contributed by atoms with Gasteiger partial charge in [-0.15, -0.1) is 16.7 Å². The average molecular weight is 226 g/mol. The molecule has 0 aliphatic rings. The summed E-state index contributed by atoms with van der Waals surface area (Å²) < 4.78 is 2.99. The molecule has 2 aromatic rings. The molecule has 0 aromatic carbocycles. The van der Waals surface area contributed by atoms with Gasteiger partial charge in [0.2, 0.25) is 0 Å². The zero-order valence-corrected chi connectivity index (χ0v) is 9.18. The first kappa shape index (κ1) is 10.2. The highest BCUT2D eigenvalue weighted by atomic mass is 35.5. The summed E-state index contributed by atoms with van der Waals surface area (Å²) in [6.45, 7) is 2.55. The standard InChI is InChI=1S/C10H12ClN3O/c1-8(6-11)7-14-10(15)13-5-3-2-4-9(13)12-14/h2-5,8H,6-7H2,1H3. The van der Waals surface area contributed by atoms with Crippen molar-refractivity contribution in [3.63, 3.8) is 0 Å². The minimum Gasteiger partial charge on any atom is -0.250 e. The largest absolute Gasteiger partial charge is 0.350 e. The monoisotopic (exact) mass is 225 g/mol. The Hall–Kier alpha value is -1.29. The molecule has 80 valence electrons. The molecule has 4 nitrogen and oxygen atoms in total. The van der Waals surface area contributed by atoms with Gasteiger partial charge >= 0.3 is 5.69 Å². The van der Waals surface area contributed by atoms with Crippen LogP contribution in [0.4, 0.5) is 0 Å². The second-order valence-electron chi connectivity index (χ2n) is 3.65. The maximum atomic E-state index is 11.8. The van der Waals surface area contributed by atoms with Crippen LogP contribution in [0.3, 0.4) is 0 Å². The number of hydrogen-bond acceptors (Lipinski definition) is 2. The molecule has 0 saturated carbocycles. The maximum absolute atomic E-state index is 11.8. The number of nitrogens with zero attached hydrogens (tertiary/aromatic N) is 3. The fraction of sp³-hybridized carbons (Fsp3) is 0.400. The van der Waals surface area contributed by atoms with E-state index in [4.69, 9.17) is 11.6 Å². The molecular formula is C10H12ClN3O. The predicted molar refractivity (Wildman–Crippen MR) is 59.3 cm³/mol. The van der Waals surface area contributed by atoms with E-state index in [2.05, 4.69) is 5.10 Å². The SMILES string of the molecule is CC(CCl)Cn1nc2ccccn2c1=O. The number of hydrogen-bond donors (Lipinski definition) is 0. The molecule has 2 aromatic heterocycles. The lowest BCUT2D eigenvalue weighted by Gasteiger charge is -2.04. The Kier molecular flexibility index (Phi) is 2.77. The van der Waals surface area contributed by atoms with E-state index < -0.39 is 0 Å². The van der Waals surface area contributed by atoms with Crippen LogP contribution in [0, 0.1) is 5.92 Å². The number of alkyl halides is 1. The van der Waals surface area contributed by atoms with Crippen molar-refractivity contribution < 1.29 is 0 Å². The summed E-state index contributed by atoms with van der Waals surface area (Å²) in [7, 11) is 0. The summed E-state index contributed by atoms with van der Waals surface area (Å²) in [5.41, 5.74) is 0.562. The van der Waals surface area contributed by atoms with Gasteiger partial charge in [-0.25, -0.2) is 9.48 Å². The Morgan fingerprint density at radius 1 is 1.53 bits per heavy atom. The molecule has 0 spiro atoms. The van der Waals surface area contributed by atoms with Crippen molar-refractivity contribution in [2.24, 2.45) is 5.92 Å². The third-order valence-corrected chi connectivity index (χ3v) is 2.76. The molecule has 0 aliphatic heterocycles. The van der Waals surface area contributed by atoms with Crippen molar-refractivity contribution in [2.45, 2.75) is 13.5 Å². The molecule has 0 saturated heterocycles. The van der Waals surface area contributed by atoms with Crippen LogP contribution in [0.1, 0.15) is 6.92 Å². The van der Waals surface area contributed by atoms with Crippen LogP contribution in [0.5, 0.6) is 0 Å². The molecule has 15 heavy (non-hydrogen) atoms. The van der Waals surface area contributed by atoms with Gasteiger partial charge in [-0.1, -0.05) is 13.0 Å². The van der Waals surface area contributed by atoms with Gasteiger partial charge in [-0.3, -0.25) is 4.40 Å². The van der Waals surface area contributed by atoms with E-state index in [0.29, 0.717) is 18.1 Å². The lowest BCUT2D eigenvalue weighted by molar-refractivity contribution is 0.475. The third-order valence-electron chi connectivity index (χ3n) is 2.24. The molecule has 0 radical (unpaired) electrons. The van der Waals surface area contributed by atoms with Crippen LogP contribution in [0.15, 0.2) is 29.2 Å². The molecule has 1 unspecified atom stereocenters. The second-order valence-corrected chi connectivity index (χ2v) is 3.96. The van der Waals surface area contributed by atoms with Gasteiger partial charge in [0, 0.05) is 12.1 Å². The second kappa shape index (κ2) is 4.06. The van der Waals surface area contributed by atoms with E-state index >= 15 is 0 Å². The molecular weight excluding hydrogens is 214 g/mol. The average Bonchev–Trinajstić information content (AvgIpc) is 2.57. The summed E-state index contributed by atoms with van der Waals surface area (Å²) in [4.78, 5) is 11.8. The van der Waals surface area contributed by atoms with Gasteiger partial charge in [-0.2, -0.15) is 0 Å². The first-order valence-corrected chi connectivity index (χ1v) is 5.36. The van der Waals surface area contributed by atoms with Crippen LogP contribution >= 0.6 is 11.6 Å². The number of fused-ring (bicyclic) bond motifs is 1. The Morgan fingerprint density at radius 2 is 2.33 bits per heavy atom. The number of aromatic nitrogens is 3. The van der Waals surface area contributed by atoms with E-state index in [0.717, 1.165) is 0 Å². The Bertz CT molecular complexity index is 517. The van der Waals surface area contributed by atoms with Gasteiger partial charge in [0.05, 0.1) is 6.54 Å². The molecule has 5 heteroatoms. The topological polar surface area (TPSA) is 39.3 Å². The Labute approximate surface area is 92.1 Å². The number of rotatable bonds is 3. The molecule has 0 N–H and O–H groups in total. The summed E-state index contributed by atoms with van der Waals surface area (Å²) in [6.07, 6.45) is 1.71. The molecule has 0 amide bonds. The number of pyridine rings is 1. The van der Waals surface area contributed by atoms with E-state index in [1.54, 1.807) is 6.20 Å².